The van der Waals surface area contributed by atoms with Crippen molar-refractivity contribution in [1.29, 1.82) is 0 Å². The molecule has 0 unspecified atom stereocenters. The van der Waals surface area contributed by atoms with Gasteiger partial charge in [0, 0.05) is 31.9 Å². The second-order valence-corrected chi connectivity index (χ2v) is 8.20. The van der Waals surface area contributed by atoms with Crippen LogP contribution >= 0.6 is 0 Å². The molecular formula is C27H31N3O3. The number of amides is 2. The Morgan fingerprint density at radius 1 is 0.909 bits per heavy atom. The molecule has 6 heteroatoms. The molecule has 3 aromatic carbocycles. The van der Waals surface area contributed by atoms with Crippen molar-refractivity contribution >= 4 is 11.7 Å². The maximum Gasteiger partial charge on any atom is 0.319 e. The maximum absolute atomic E-state index is 11.7. The molecule has 0 atom stereocenters. The first-order valence-corrected chi connectivity index (χ1v) is 11.3. The largest absolute Gasteiger partial charge is 0.493 e. The van der Waals surface area contributed by atoms with Crippen LogP contribution in [0.3, 0.4) is 0 Å². The van der Waals surface area contributed by atoms with E-state index in [9.17, 15) is 4.79 Å². The van der Waals surface area contributed by atoms with Crippen LogP contribution in [0.4, 0.5) is 10.5 Å². The van der Waals surface area contributed by atoms with Crippen molar-refractivity contribution in [1.82, 2.24) is 10.2 Å². The summed E-state index contributed by atoms with van der Waals surface area (Å²) >= 11 is 0. The SMILES string of the molecule is CCNC(=O)Nc1ccc(-c2ccc(CN3CCc4cc(OC)c(OC)cc4C3)cc2)cc1. The molecular weight excluding hydrogens is 414 g/mol. The third-order valence-corrected chi connectivity index (χ3v) is 5.97. The van der Waals surface area contributed by atoms with Crippen molar-refractivity contribution in [2.75, 3.05) is 32.6 Å². The Kier molecular flexibility index (Phi) is 7.15. The molecule has 0 saturated heterocycles. The van der Waals surface area contributed by atoms with Crippen molar-refractivity contribution in [3.63, 3.8) is 0 Å². The lowest BCUT2D eigenvalue weighted by Gasteiger charge is -2.29. The van der Waals surface area contributed by atoms with Gasteiger partial charge in [-0.3, -0.25) is 4.90 Å². The zero-order chi connectivity index (χ0) is 23.2. The van der Waals surface area contributed by atoms with Crippen LogP contribution in [0.25, 0.3) is 11.1 Å². The number of nitrogens with zero attached hydrogens (tertiary/aromatic N) is 1. The summed E-state index contributed by atoms with van der Waals surface area (Å²) in [5, 5.41) is 5.56. The fourth-order valence-electron chi connectivity index (χ4n) is 4.22. The van der Waals surface area contributed by atoms with Gasteiger partial charge in [0.2, 0.25) is 0 Å². The van der Waals surface area contributed by atoms with Crippen LogP contribution in [0.1, 0.15) is 23.6 Å². The lowest BCUT2D eigenvalue weighted by Crippen LogP contribution is -2.30. The molecule has 0 aromatic heterocycles. The number of methoxy groups -OCH3 is 2. The Labute approximate surface area is 195 Å². The summed E-state index contributed by atoms with van der Waals surface area (Å²) in [5.41, 5.74) is 6.99. The highest BCUT2D eigenvalue weighted by Crippen LogP contribution is 2.33. The van der Waals surface area contributed by atoms with Gasteiger partial charge in [0.1, 0.15) is 0 Å². The molecule has 0 spiro atoms. The number of rotatable bonds is 7. The van der Waals surface area contributed by atoms with Gasteiger partial charge in [0.05, 0.1) is 14.2 Å². The monoisotopic (exact) mass is 445 g/mol. The molecule has 4 rings (SSSR count). The highest BCUT2D eigenvalue weighted by atomic mass is 16.5. The normalized spacial score (nSPS) is 13.2. The van der Waals surface area contributed by atoms with Gasteiger partial charge in [0.25, 0.3) is 0 Å². The quantitative estimate of drug-likeness (QED) is 0.533. The number of hydrogen-bond donors (Lipinski definition) is 2. The fraction of sp³-hybridized carbons (Fsp3) is 0.296. The average Bonchev–Trinajstić information content (AvgIpc) is 2.84. The minimum absolute atomic E-state index is 0.187. The smallest absolute Gasteiger partial charge is 0.319 e. The van der Waals surface area contributed by atoms with E-state index in [0.717, 1.165) is 54.4 Å². The molecule has 2 amide bonds. The second kappa shape index (κ2) is 10.4. The van der Waals surface area contributed by atoms with E-state index in [1.54, 1.807) is 14.2 Å². The summed E-state index contributed by atoms with van der Waals surface area (Å²) in [6.45, 7) is 5.32. The van der Waals surface area contributed by atoms with Crippen LogP contribution in [-0.4, -0.2) is 38.2 Å². The molecule has 3 aromatic rings. The lowest BCUT2D eigenvalue weighted by atomic mass is 9.98. The lowest BCUT2D eigenvalue weighted by molar-refractivity contribution is 0.244. The van der Waals surface area contributed by atoms with E-state index < -0.39 is 0 Å². The zero-order valence-electron chi connectivity index (χ0n) is 19.5. The highest BCUT2D eigenvalue weighted by molar-refractivity contribution is 5.89. The second-order valence-electron chi connectivity index (χ2n) is 8.20. The Morgan fingerprint density at radius 3 is 2.12 bits per heavy atom. The van der Waals surface area contributed by atoms with Gasteiger partial charge in [-0.1, -0.05) is 36.4 Å². The standard InChI is InChI=1S/C27H31N3O3/c1-4-28-27(31)29-24-11-9-21(10-12-24)20-7-5-19(6-8-20)17-30-14-13-22-15-25(32-2)26(33-3)16-23(22)18-30/h5-12,15-16H,4,13-14,17-18H2,1-3H3,(H2,28,29,31). The van der Waals surface area contributed by atoms with E-state index >= 15 is 0 Å². The molecule has 0 bridgehead atoms. The van der Waals surface area contributed by atoms with Crippen molar-refractivity contribution in [3.05, 3.63) is 77.4 Å². The highest BCUT2D eigenvalue weighted by Gasteiger charge is 2.19. The predicted octanol–water partition coefficient (Wildman–Crippen LogP) is 5.07. The summed E-state index contributed by atoms with van der Waals surface area (Å²) in [5.74, 6) is 1.59. The molecule has 0 saturated carbocycles. The van der Waals surface area contributed by atoms with Gasteiger partial charge >= 0.3 is 6.03 Å². The van der Waals surface area contributed by atoms with Crippen molar-refractivity contribution < 1.29 is 14.3 Å². The van der Waals surface area contributed by atoms with E-state index in [1.807, 2.05) is 31.2 Å². The van der Waals surface area contributed by atoms with Crippen molar-refractivity contribution in [3.8, 4) is 22.6 Å². The van der Waals surface area contributed by atoms with E-state index in [1.165, 1.54) is 16.7 Å². The van der Waals surface area contributed by atoms with Crippen LogP contribution in [0.15, 0.2) is 60.7 Å². The topological polar surface area (TPSA) is 62.8 Å². The van der Waals surface area contributed by atoms with Crippen LogP contribution in [0.2, 0.25) is 0 Å². The van der Waals surface area contributed by atoms with Crippen LogP contribution < -0.4 is 20.1 Å². The van der Waals surface area contributed by atoms with E-state index in [0.29, 0.717) is 6.54 Å². The molecule has 1 aliphatic heterocycles. The summed E-state index contributed by atoms with van der Waals surface area (Å²) in [4.78, 5) is 14.1. The Morgan fingerprint density at radius 2 is 1.52 bits per heavy atom. The molecule has 0 radical (unpaired) electrons. The average molecular weight is 446 g/mol. The first-order valence-electron chi connectivity index (χ1n) is 11.3. The number of ether oxygens (including phenoxy) is 2. The van der Waals surface area contributed by atoms with Crippen LogP contribution in [0, 0.1) is 0 Å². The zero-order valence-corrected chi connectivity index (χ0v) is 19.5. The first kappa shape index (κ1) is 22.7. The number of carbonyl (C=O) groups excluding carboxylic acids is 1. The number of urea groups is 1. The minimum Gasteiger partial charge on any atom is -0.493 e. The molecule has 6 nitrogen and oxygen atoms in total. The van der Waals surface area contributed by atoms with E-state index in [-0.39, 0.29) is 6.03 Å². The third kappa shape index (κ3) is 5.46. The Bertz CT molecular complexity index is 1090. The summed E-state index contributed by atoms with van der Waals surface area (Å²) in [6.07, 6.45) is 1.00. The number of nitrogens with one attached hydrogen (secondary N) is 2. The van der Waals surface area contributed by atoms with E-state index in [4.69, 9.17) is 9.47 Å². The number of anilines is 1. The van der Waals surface area contributed by atoms with Crippen molar-refractivity contribution in [2.45, 2.75) is 26.4 Å². The Balaban J connectivity index is 1.39. The number of benzene rings is 3. The van der Waals surface area contributed by atoms with Gasteiger partial charge < -0.3 is 20.1 Å². The summed E-state index contributed by atoms with van der Waals surface area (Å²) < 4.78 is 10.9. The molecule has 1 heterocycles. The maximum atomic E-state index is 11.7. The number of hydrogen-bond acceptors (Lipinski definition) is 4. The van der Waals surface area contributed by atoms with Gasteiger partial charge in [-0.05, 0) is 65.4 Å². The first-order chi connectivity index (χ1) is 16.1. The van der Waals surface area contributed by atoms with Crippen LogP contribution in [-0.2, 0) is 19.5 Å². The molecule has 2 N–H and O–H groups in total. The summed E-state index contributed by atoms with van der Waals surface area (Å²) in [6, 6.07) is 20.6. The minimum atomic E-state index is -0.187. The van der Waals surface area contributed by atoms with Gasteiger partial charge in [0.15, 0.2) is 11.5 Å². The van der Waals surface area contributed by atoms with Gasteiger partial charge in [-0.2, -0.15) is 0 Å². The number of carbonyl (C=O) groups is 1. The fourth-order valence-corrected chi connectivity index (χ4v) is 4.22. The van der Waals surface area contributed by atoms with Gasteiger partial charge in [-0.25, -0.2) is 4.79 Å². The predicted molar refractivity (Wildman–Crippen MR) is 132 cm³/mol. The van der Waals surface area contributed by atoms with Crippen molar-refractivity contribution in [2.24, 2.45) is 0 Å². The third-order valence-electron chi connectivity index (χ3n) is 5.97. The number of fused-ring (bicyclic) bond motifs is 1. The van der Waals surface area contributed by atoms with Gasteiger partial charge in [-0.15, -0.1) is 0 Å². The molecule has 172 valence electrons. The molecule has 1 aliphatic rings. The Hall–Kier alpha value is -3.51. The van der Waals surface area contributed by atoms with E-state index in [2.05, 4.69) is 51.9 Å². The molecule has 0 aliphatic carbocycles. The molecule has 33 heavy (non-hydrogen) atoms. The summed E-state index contributed by atoms with van der Waals surface area (Å²) in [7, 11) is 3.36. The molecule has 0 fully saturated rings. The van der Waals surface area contributed by atoms with Crippen LogP contribution in [0.5, 0.6) is 11.5 Å².